The van der Waals surface area contributed by atoms with E-state index in [1.165, 1.54) is 0 Å². The summed E-state index contributed by atoms with van der Waals surface area (Å²) in [5.74, 6) is 1.01. The molecule has 2 aromatic heterocycles. The van der Waals surface area contributed by atoms with E-state index in [0.717, 1.165) is 30.9 Å². The van der Waals surface area contributed by atoms with Crippen molar-refractivity contribution in [2.24, 2.45) is 0 Å². The molecule has 1 amide bonds. The summed E-state index contributed by atoms with van der Waals surface area (Å²) in [5, 5.41) is 9.46. The van der Waals surface area contributed by atoms with E-state index < -0.39 is 0 Å². The molecule has 3 rings (SSSR count). The van der Waals surface area contributed by atoms with Crippen LogP contribution in [-0.4, -0.2) is 31.7 Å². The van der Waals surface area contributed by atoms with E-state index in [9.17, 15) is 4.79 Å². The van der Waals surface area contributed by atoms with Crippen LogP contribution in [0.2, 0.25) is 0 Å². The number of nitrogens with one attached hydrogen (secondary N) is 2. The fourth-order valence-corrected chi connectivity index (χ4v) is 2.35. The average Bonchev–Trinajstić information content (AvgIpc) is 2.95. The van der Waals surface area contributed by atoms with Gasteiger partial charge in [-0.15, -0.1) is 0 Å². The first kappa shape index (κ1) is 11.0. The molecule has 18 heavy (non-hydrogen) atoms. The maximum Gasteiger partial charge on any atom is 0.269 e. The van der Waals surface area contributed by atoms with Crippen LogP contribution >= 0.6 is 0 Å². The minimum atomic E-state index is -0.0993. The third-order valence-electron chi connectivity index (χ3n) is 3.19. The van der Waals surface area contributed by atoms with Crippen LogP contribution in [0.4, 0.5) is 0 Å². The number of rotatable bonds is 2. The second kappa shape index (κ2) is 4.29. The Bertz CT molecular complexity index is 557. The van der Waals surface area contributed by atoms with E-state index in [0.29, 0.717) is 5.69 Å². The number of imidazole rings is 1. The number of aromatic amines is 1. The molecule has 1 aliphatic heterocycles. The van der Waals surface area contributed by atoms with Gasteiger partial charge in [0.05, 0.1) is 5.69 Å². The largest absolute Gasteiger partial charge is 0.346 e. The van der Waals surface area contributed by atoms with Gasteiger partial charge in [-0.05, 0) is 19.4 Å². The summed E-state index contributed by atoms with van der Waals surface area (Å²) in [7, 11) is 0. The highest BCUT2D eigenvalue weighted by Gasteiger charge is 2.21. The summed E-state index contributed by atoms with van der Waals surface area (Å²) in [4.78, 5) is 16.3. The van der Waals surface area contributed by atoms with Crippen molar-refractivity contribution in [3.8, 4) is 0 Å². The van der Waals surface area contributed by atoms with Crippen LogP contribution in [-0.2, 0) is 13.0 Å². The molecule has 0 bridgehead atoms. The summed E-state index contributed by atoms with van der Waals surface area (Å²) in [6.45, 7) is 2.78. The van der Waals surface area contributed by atoms with Crippen molar-refractivity contribution in [2.45, 2.75) is 32.4 Å². The van der Waals surface area contributed by atoms with Gasteiger partial charge in [0.1, 0.15) is 11.5 Å². The van der Waals surface area contributed by atoms with Crippen LogP contribution in [0.3, 0.4) is 0 Å². The zero-order valence-electron chi connectivity index (χ0n) is 10.2. The van der Waals surface area contributed by atoms with Crippen LogP contribution < -0.4 is 5.32 Å². The molecule has 2 N–H and O–H groups in total. The van der Waals surface area contributed by atoms with Crippen molar-refractivity contribution in [3.05, 3.63) is 35.7 Å². The van der Waals surface area contributed by atoms with Crippen molar-refractivity contribution < 1.29 is 4.79 Å². The Labute approximate surface area is 104 Å². The highest BCUT2D eigenvalue weighted by Crippen LogP contribution is 2.15. The van der Waals surface area contributed by atoms with Crippen LogP contribution in [0.1, 0.15) is 28.4 Å². The monoisotopic (exact) mass is 245 g/mol. The summed E-state index contributed by atoms with van der Waals surface area (Å²) < 4.78 is 2.12. The maximum atomic E-state index is 11.9. The van der Waals surface area contributed by atoms with Gasteiger partial charge in [-0.3, -0.25) is 9.89 Å². The number of H-pyrrole nitrogens is 1. The highest BCUT2D eigenvalue weighted by molar-refractivity contribution is 5.92. The fourth-order valence-electron chi connectivity index (χ4n) is 2.35. The number of hydrogen-bond donors (Lipinski definition) is 2. The van der Waals surface area contributed by atoms with Gasteiger partial charge in [0, 0.05) is 31.4 Å². The predicted octanol–water partition coefficient (Wildman–Crippen LogP) is 0.659. The Kier molecular flexibility index (Phi) is 2.62. The van der Waals surface area contributed by atoms with Gasteiger partial charge in [-0.1, -0.05) is 0 Å². The Morgan fingerprint density at radius 1 is 1.61 bits per heavy atom. The average molecular weight is 245 g/mol. The van der Waals surface area contributed by atoms with Gasteiger partial charge < -0.3 is 9.88 Å². The van der Waals surface area contributed by atoms with Gasteiger partial charge in [-0.2, -0.15) is 5.10 Å². The molecule has 2 aromatic rings. The summed E-state index contributed by atoms with van der Waals surface area (Å²) in [5.41, 5.74) is 1.54. The molecule has 6 heteroatoms. The first-order valence-electron chi connectivity index (χ1n) is 6.05. The number of carbonyl (C=O) groups is 1. The first-order chi connectivity index (χ1) is 8.72. The standard InChI is InChI=1S/C12H15N5O/c1-8-6-17-7-9(2-3-11(17)14-8)15-12(18)10-4-5-13-16-10/h4-6,9H,2-3,7H2,1H3,(H,13,16)(H,15,18)/t9-/m0/s1. The number of hydrogen-bond acceptors (Lipinski definition) is 3. The van der Waals surface area contributed by atoms with Gasteiger partial charge in [0.2, 0.25) is 0 Å². The van der Waals surface area contributed by atoms with Crippen molar-refractivity contribution in [1.82, 2.24) is 25.1 Å². The van der Waals surface area contributed by atoms with E-state index in [1.54, 1.807) is 12.3 Å². The molecule has 0 aliphatic carbocycles. The highest BCUT2D eigenvalue weighted by atomic mass is 16.2. The van der Waals surface area contributed by atoms with Crippen LogP contribution in [0.15, 0.2) is 18.5 Å². The first-order valence-corrected chi connectivity index (χ1v) is 6.05. The second-order valence-electron chi connectivity index (χ2n) is 4.63. The van der Waals surface area contributed by atoms with E-state index in [-0.39, 0.29) is 11.9 Å². The molecule has 94 valence electrons. The normalized spacial score (nSPS) is 18.4. The zero-order chi connectivity index (χ0) is 12.5. The van der Waals surface area contributed by atoms with Crippen molar-refractivity contribution in [2.75, 3.05) is 0 Å². The lowest BCUT2D eigenvalue weighted by atomic mass is 10.1. The number of nitrogens with zero attached hydrogens (tertiary/aromatic N) is 3. The van der Waals surface area contributed by atoms with E-state index in [1.807, 2.05) is 13.1 Å². The Hall–Kier alpha value is -2.11. The number of carbonyl (C=O) groups excluding carboxylic acids is 1. The second-order valence-corrected chi connectivity index (χ2v) is 4.63. The molecule has 6 nitrogen and oxygen atoms in total. The molecule has 0 radical (unpaired) electrons. The smallest absolute Gasteiger partial charge is 0.269 e. The molecule has 0 spiro atoms. The number of aromatic nitrogens is 4. The van der Waals surface area contributed by atoms with Crippen molar-refractivity contribution in [3.63, 3.8) is 0 Å². The minimum Gasteiger partial charge on any atom is -0.346 e. The zero-order valence-corrected chi connectivity index (χ0v) is 10.2. The molecule has 0 saturated carbocycles. The lowest BCUT2D eigenvalue weighted by molar-refractivity contribution is 0.0922. The molecule has 0 aromatic carbocycles. The molecular weight excluding hydrogens is 230 g/mol. The summed E-state index contributed by atoms with van der Waals surface area (Å²) in [6.07, 6.45) is 5.44. The third-order valence-corrected chi connectivity index (χ3v) is 3.19. The topological polar surface area (TPSA) is 75.6 Å². The molecule has 0 unspecified atom stereocenters. The van der Waals surface area contributed by atoms with Crippen molar-refractivity contribution >= 4 is 5.91 Å². The molecule has 1 atom stereocenters. The molecule has 1 aliphatic rings. The molecular formula is C12H15N5O. The lowest BCUT2D eigenvalue weighted by Crippen LogP contribution is -2.41. The van der Waals surface area contributed by atoms with E-state index >= 15 is 0 Å². The fraction of sp³-hybridized carbons (Fsp3) is 0.417. The maximum absolute atomic E-state index is 11.9. The van der Waals surface area contributed by atoms with Gasteiger partial charge in [0.25, 0.3) is 5.91 Å². The quantitative estimate of drug-likeness (QED) is 0.816. The van der Waals surface area contributed by atoms with Gasteiger partial charge in [-0.25, -0.2) is 4.98 Å². The van der Waals surface area contributed by atoms with Crippen LogP contribution in [0.5, 0.6) is 0 Å². The Morgan fingerprint density at radius 2 is 2.50 bits per heavy atom. The number of amides is 1. The molecule has 3 heterocycles. The third kappa shape index (κ3) is 2.01. The Balaban J connectivity index is 1.68. The Morgan fingerprint density at radius 3 is 3.28 bits per heavy atom. The minimum absolute atomic E-state index is 0.0993. The molecule has 0 fully saturated rings. The SMILES string of the molecule is Cc1cn2c(n1)CC[C@H](NC(=O)c1ccn[nH]1)C2. The van der Waals surface area contributed by atoms with Gasteiger partial charge in [0.15, 0.2) is 0 Å². The summed E-state index contributed by atoms with van der Waals surface area (Å²) >= 11 is 0. The van der Waals surface area contributed by atoms with Crippen LogP contribution in [0.25, 0.3) is 0 Å². The van der Waals surface area contributed by atoms with E-state index in [4.69, 9.17) is 0 Å². The number of fused-ring (bicyclic) bond motifs is 1. The van der Waals surface area contributed by atoms with Gasteiger partial charge >= 0.3 is 0 Å². The molecule has 0 saturated heterocycles. The van der Waals surface area contributed by atoms with Crippen LogP contribution in [0, 0.1) is 6.92 Å². The van der Waals surface area contributed by atoms with Crippen molar-refractivity contribution in [1.29, 1.82) is 0 Å². The van der Waals surface area contributed by atoms with E-state index in [2.05, 4.69) is 25.1 Å². The lowest BCUT2D eigenvalue weighted by Gasteiger charge is -2.24. The predicted molar refractivity (Wildman–Crippen MR) is 65.1 cm³/mol. The summed E-state index contributed by atoms with van der Waals surface area (Å²) in [6, 6.07) is 1.83. The number of aryl methyl sites for hydroxylation is 2.